The number of hydrogen-bond acceptors (Lipinski definition) is 4. The molecule has 1 aromatic heterocycles. The molecule has 0 atom stereocenters. The molecule has 29 heavy (non-hydrogen) atoms. The van der Waals surface area contributed by atoms with E-state index in [9.17, 15) is 4.79 Å². The first-order chi connectivity index (χ1) is 14.0. The van der Waals surface area contributed by atoms with Gasteiger partial charge >= 0.3 is 0 Å². The van der Waals surface area contributed by atoms with Gasteiger partial charge in [0.05, 0.1) is 0 Å². The zero-order chi connectivity index (χ0) is 20.4. The van der Waals surface area contributed by atoms with Crippen LogP contribution in [-0.4, -0.2) is 47.0 Å². The summed E-state index contributed by atoms with van der Waals surface area (Å²) in [6.45, 7) is 7.37. The predicted molar refractivity (Wildman–Crippen MR) is 117 cm³/mol. The van der Waals surface area contributed by atoms with Crippen molar-refractivity contribution in [1.29, 1.82) is 0 Å². The van der Waals surface area contributed by atoms with Crippen molar-refractivity contribution in [2.24, 2.45) is 5.92 Å². The summed E-state index contributed by atoms with van der Waals surface area (Å²) in [6.07, 6.45) is 5.08. The largest absolute Gasteiger partial charge is 0.354 e. The monoisotopic (exact) mass is 412 g/mol. The third-order valence-electron chi connectivity index (χ3n) is 6.16. The summed E-state index contributed by atoms with van der Waals surface area (Å²) in [6, 6.07) is 7.98. The molecule has 5 nitrogen and oxygen atoms in total. The lowest BCUT2D eigenvalue weighted by Gasteiger charge is -2.31. The number of aromatic nitrogens is 2. The van der Waals surface area contributed by atoms with Crippen LogP contribution in [0.2, 0.25) is 5.02 Å². The number of benzene rings is 1. The molecule has 0 unspecified atom stereocenters. The van der Waals surface area contributed by atoms with E-state index in [-0.39, 0.29) is 5.92 Å². The summed E-state index contributed by atoms with van der Waals surface area (Å²) in [4.78, 5) is 26.6. The Morgan fingerprint density at radius 2 is 1.79 bits per heavy atom. The molecule has 0 radical (unpaired) electrons. The molecule has 1 aromatic carbocycles. The van der Waals surface area contributed by atoms with Gasteiger partial charge in [-0.1, -0.05) is 30.2 Å². The van der Waals surface area contributed by atoms with E-state index >= 15 is 0 Å². The zero-order valence-corrected chi connectivity index (χ0v) is 18.1. The molecular formula is C23H29ClN4O. The topological polar surface area (TPSA) is 49.3 Å². The van der Waals surface area contributed by atoms with E-state index < -0.39 is 0 Å². The highest BCUT2D eigenvalue weighted by Gasteiger charge is 2.31. The number of hydrogen-bond donors (Lipinski definition) is 0. The van der Waals surface area contributed by atoms with Gasteiger partial charge in [-0.15, -0.1) is 0 Å². The van der Waals surface area contributed by atoms with Crippen LogP contribution in [0.25, 0.3) is 0 Å². The van der Waals surface area contributed by atoms with Crippen LogP contribution in [-0.2, 0) is 11.2 Å². The number of carbonyl (C=O) groups excluding carboxylic acids is 1. The molecule has 0 N–H and O–H groups in total. The van der Waals surface area contributed by atoms with Crippen LogP contribution in [0.5, 0.6) is 0 Å². The highest BCUT2D eigenvalue weighted by Crippen LogP contribution is 2.30. The lowest BCUT2D eigenvalue weighted by molar-refractivity contribution is -0.137. The van der Waals surface area contributed by atoms with Gasteiger partial charge in [0.2, 0.25) is 5.91 Å². The highest BCUT2D eigenvalue weighted by molar-refractivity contribution is 6.30. The van der Waals surface area contributed by atoms with Gasteiger partial charge in [0.1, 0.15) is 11.6 Å². The first-order valence-electron chi connectivity index (χ1n) is 10.6. The fourth-order valence-electron chi connectivity index (χ4n) is 4.26. The molecule has 1 amide bonds. The van der Waals surface area contributed by atoms with E-state index in [1.165, 1.54) is 12.0 Å². The first-order valence-corrected chi connectivity index (χ1v) is 11.0. The van der Waals surface area contributed by atoms with E-state index in [4.69, 9.17) is 16.6 Å². The van der Waals surface area contributed by atoms with Crippen molar-refractivity contribution in [3.63, 3.8) is 0 Å². The van der Waals surface area contributed by atoms with Crippen LogP contribution in [0.1, 0.15) is 48.3 Å². The van der Waals surface area contributed by atoms with Crippen molar-refractivity contribution in [3.8, 4) is 0 Å². The van der Waals surface area contributed by atoms with Crippen molar-refractivity contribution in [2.45, 2.75) is 46.0 Å². The second-order valence-corrected chi connectivity index (χ2v) is 8.69. The zero-order valence-electron chi connectivity index (χ0n) is 17.3. The Balaban J connectivity index is 1.55. The maximum absolute atomic E-state index is 12.7. The summed E-state index contributed by atoms with van der Waals surface area (Å²) >= 11 is 6.05. The minimum atomic E-state index is 0.269. The number of carbonyl (C=O) groups is 1. The molecule has 2 aromatic rings. The Bertz CT molecular complexity index is 879. The molecule has 6 heteroatoms. The van der Waals surface area contributed by atoms with Crippen molar-refractivity contribution in [3.05, 3.63) is 51.9 Å². The third-order valence-corrected chi connectivity index (χ3v) is 6.41. The average molecular weight is 413 g/mol. The fraction of sp³-hybridized carbons (Fsp3) is 0.522. The molecule has 0 bridgehead atoms. The van der Waals surface area contributed by atoms with Gasteiger partial charge in [0.25, 0.3) is 0 Å². The SMILES string of the molecule is Cc1nc(C)c(Cc2ccc(Cl)cc2)c(N2CCCN(C(=O)C3CCC3)CC2)n1. The van der Waals surface area contributed by atoms with E-state index in [1.807, 2.05) is 19.1 Å². The molecule has 1 aliphatic heterocycles. The Labute approximate surface area is 178 Å². The Morgan fingerprint density at radius 1 is 1.03 bits per heavy atom. The number of rotatable bonds is 4. The lowest BCUT2D eigenvalue weighted by Crippen LogP contribution is -2.41. The fourth-order valence-corrected chi connectivity index (χ4v) is 4.38. The maximum Gasteiger partial charge on any atom is 0.225 e. The van der Waals surface area contributed by atoms with Gasteiger partial charge in [-0.2, -0.15) is 0 Å². The average Bonchev–Trinajstić information content (AvgIpc) is 2.90. The molecule has 2 fully saturated rings. The Kier molecular flexibility index (Phi) is 6.04. The van der Waals surface area contributed by atoms with E-state index in [1.54, 1.807) is 0 Å². The summed E-state index contributed by atoms with van der Waals surface area (Å²) in [5, 5.41) is 0.745. The molecule has 2 aliphatic rings. The molecule has 1 saturated carbocycles. The van der Waals surface area contributed by atoms with Gasteiger partial charge in [0.15, 0.2) is 0 Å². The second kappa shape index (κ2) is 8.70. The van der Waals surface area contributed by atoms with Crippen molar-refractivity contribution in [2.75, 3.05) is 31.1 Å². The smallest absolute Gasteiger partial charge is 0.225 e. The van der Waals surface area contributed by atoms with Crippen LogP contribution in [0.15, 0.2) is 24.3 Å². The molecule has 2 heterocycles. The highest BCUT2D eigenvalue weighted by atomic mass is 35.5. The van der Waals surface area contributed by atoms with Gasteiger partial charge < -0.3 is 9.80 Å². The summed E-state index contributed by atoms with van der Waals surface area (Å²) < 4.78 is 0. The van der Waals surface area contributed by atoms with Crippen LogP contribution in [0, 0.1) is 19.8 Å². The minimum Gasteiger partial charge on any atom is -0.354 e. The summed E-state index contributed by atoms with van der Waals surface area (Å²) in [5.74, 6) is 2.44. The van der Waals surface area contributed by atoms with Crippen molar-refractivity contribution >= 4 is 23.3 Å². The van der Waals surface area contributed by atoms with Crippen LogP contribution in [0.3, 0.4) is 0 Å². The lowest BCUT2D eigenvalue weighted by atomic mass is 9.84. The summed E-state index contributed by atoms with van der Waals surface area (Å²) in [7, 11) is 0. The van der Waals surface area contributed by atoms with Crippen LogP contribution >= 0.6 is 11.6 Å². The van der Waals surface area contributed by atoms with E-state index in [0.717, 1.165) is 79.8 Å². The number of nitrogens with zero attached hydrogens (tertiary/aromatic N) is 4. The predicted octanol–water partition coefficient (Wildman–Crippen LogP) is 4.18. The second-order valence-electron chi connectivity index (χ2n) is 8.26. The van der Waals surface area contributed by atoms with Gasteiger partial charge in [0, 0.05) is 54.8 Å². The normalized spacial score (nSPS) is 17.8. The molecule has 1 aliphatic carbocycles. The number of anilines is 1. The molecular weight excluding hydrogens is 384 g/mol. The molecule has 1 saturated heterocycles. The van der Waals surface area contributed by atoms with Gasteiger partial charge in [-0.25, -0.2) is 9.97 Å². The first kappa shape index (κ1) is 20.1. The van der Waals surface area contributed by atoms with Crippen LogP contribution in [0.4, 0.5) is 5.82 Å². The molecule has 154 valence electrons. The number of halogens is 1. The van der Waals surface area contributed by atoms with E-state index in [0.29, 0.717) is 5.91 Å². The van der Waals surface area contributed by atoms with Crippen molar-refractivity contribution in [1.82, 2.24) is 14.9 Å². The summed E-state index contributed by atoms with van der Waals surface area (Å²) in [5.41, 5.74) is 3.38. The maximum atomic E-state index is 12.7. The molecule has 4 rings (SSSR count). The number of aryl methyl sites for hydroxylation is 2. The van der Waals surface area contributed by atoms with Gasteiger partial charge in [-0.3, -0.25) is 4.79 Å². The Morgan fingerprint density at radius 3 is 2.48 bits per heavy atom. The quantitative estimate of drug-likeness (QED) is 0.755. The van der Waals surface area contributed by atoms with Crippen LogP contribution < -0.4 is 4.90 Å². The Hall–Kier alpha value is -2.14. The standard InChI is InChI=1S/C23H29ClN4O/c1-16-21(15-18-7-9-20(24)10-8-18)22(26-17(2)25-16)27-11-4-12-28(14-13-27)23(29)19-5-3-6-19/h7-10,19H,3-6,11-15H2,1-2H3. The van der Waals surface area contributed by atoms with Crippen molar-refractivity contribution < 1.29 is 4.79 Å². The number of amides is 1. The molecule has 0 spiro atoms. The minimum absolute atomic E-state index is 0.269. The van der Waals surface area contributed by atoms with E-state index in [2.05, 4.69) is 33.8 Å². The van der Waals surface area contributed by atoms with Gasteiger partial charge in [-0.05, 0) is 50.8 Å². The third kappa shape index (κ3) is 4.55.